The number of nitriles is 1. The predicted molar refractivity (Wildman–Crippen MR) is 134 cm³/mol. The lowest BCUT2D eigenvalue weighted by Gasteiger charge is -2.29. The van der Waals surface area contributed by atoms with Crippen molar-refractivity contribution in [2.45, 2.75) is 44.9 Å². The summed E-state index contributed by atoms with van der Waals surface area (Å²) in [6, 6.07) is 9.82. The molecule has 5 rings (SSSR count). The summed E-state index contributed by atoms with van der Waals surface area (Å²) in [5.41, 5.74) is 1.61. The van der Waals surface area contributed by atoms with Gasteiger partial charge in [0.1, 0.15) is 28.6 Å². The van der Waals surface area contributed by atoms with Crippen LogP contribution in [0.15, 0.2) is 45.9 Å². The molecule has 10 heteroatoms. The summed E-state index contributed by atoms with van der Waals surface area (Å²) in [6.45, 7) is 3.51. The fraction of sp³-hybridized carbons (Fsp3) is 0.385. The number of para-hydroxylation sites is 1. The maximum atomic E-state index is 13.3. The van der Waals surface area contributed by atoms with E-state index in [9.17, 15) is 10.1 Å². The van der Waals surface area contributed by atoms with Crippen molar-refractivity contribution in [2.75, 3.05) is 20.3 Å². The zero-order chi connectivity index (χ0) is 25.1. The van der Waals surface area contributed by atoms with Crippen LogP contribution < -0.4 is 10.2 Å². The highest BCUT2D eigenvalue weighted by Crippen LogP contribution is 2.37. The van der Waals surface area contributed by atoms with Gasteiger partial charge in [0.05, 0.1) is 48.7 Å². The van der Waals surface area contributed by atoms with Crippen LogP contribution in [-0.4, -0.2) is 41.2 Å². The Kier molecular flexibility index (Phi) is 7.13. The van der Waals surface area contributed by atoms with E-state index < -0.39 is 6.10 Å². The second-order valence-corrected chi connectivity index (χ2v) is 9.54. The van der Waals surface area contributed by atoms with E-state index in [4.69, 9.17) is 18.6 Å². The molecule has 1 saturated heterocycles. The summed E-state index contributed by atoms with van der Waals surface area (Å²) >= 11 is 1.40. The maximum absolute atomic E-state index is 13.3. The molecule has 4 heterocycles. The Morgan fingerprint density at radius 2 is 2.11 bits per heavy atom. The van der Waals surface area contributed by atoms with Gasteiger partial charge in [-0.1, -0.05) is 18.2 Å². The van der Waals surface area contributed by atoms with Crippen LogP contribution in [0.2, 0.25) is 0 Å². The minimum Gasteiger partial charge on any atom is -0.496 e. The lowest BCUT2D eigenvalue weighted by molar-refractivity contribution is -0.0758. The van der Waals surface area contributed by atoms with Gasteiger partial charge in [-0.15, -0.1) is 11.3 Å². The smallest absolute Gasteiger partial charge is 0.236 e. The molecule has 186 valence electrons. The molecule has 0 aliphatic carbocycles. The van der Waals surface area contributed by atoms with E-state index in [-0.39, 0.29) is 23.6 Å². The standard InChI is InChI=1S/C26H26N4O5S/c1-16-22-23(31)19(7-10-27)29-30(26(22)36-24(16)25-28-11-14-34-25)15-21(35-17-8-12-33-13-9-17)18-5-3-4-6-20(18)32-2/h3-6,11,14,17,21H,7-9,12-13,15H2,1-2H3. The Morgan fingerprint density at radius 3 is 2.83 bits per heavy atom. The molecule has 4 aromatic rings. The Morgan fingerprint density at radius 1 is 1.31 bits per heavy atom. The highest BCUT2D eigenvalue weighted by atomic mass is 32.1. The normalized spacial score (nSPS) is 15.1. The highest BCUT2D eigenvalue weighted by molar-refractivity contribution is 7.22. The van der Waals surface area contributed by atoms with Crippen molar-refractivity contribution in [3.05, 3.63) is 63.8 Å². The number of ether oxygens (including phenoxy) is 3. The molecule has 0 bridgehead atoms. The van der Waals surface area contributed by atoms with Crippen LogP contribution in [0.5, 0.6) is 5.75 Å². The van der Waals surface area contributed by atoms with Gasteiger partial charge < -0.3 is 18.6 Å². The summed E-state index contributed by atoms with van der Waals surface area (Å²) in [5, 5.41) is 14.5. The molecule has 0 radical (unpaired) electrons. The number of nitrogens with zero attached hydrogens (tertiary/aromatic N) is 4. The fourth-order valence-corrected chi connectivity index (χ4v) is 5.74. The molecule has 0 spiro atoms. The Balaban J connectivity index is 1.64. The van der Waals surface area contributed by atoms with Crippen molar-refractivity contribution < 1.29 is 18.6 Å². The number of benzene rings is 1. The quantitative estimate of drug-likeness (QED) is 0.345. The molecular weight excluding hydrogens is 480 g/mol. The van der Waals surface area contributed by atoms with E-state index in [1.807, 2.05) is 31.2 Å². The van der Waals surface area contributed by atoms with Crippen LogP contribution in [0.4, 0.5) is 0 Å². The van der Waals surface area contributed by atoms with E-state index in [0.717, 1.165) is 28.8 Å². The number of hydrogen-bond acceptors (Lipinski definition) is 9. The maximum Gasteiger partial charge on any atom is 0.236 e. The van der Waals surface area contributed by atoms with Crippen molar-refractivity contribution >= 4 is 21.6 Å². The predicted octanol–water partition coefficient (Wildman–Crippen LogP) is 4.43. The number of methoxy groups -OCH3 is 1. The average Bonchev–Trinajstić information content (AvgIpc) is 3.55. The highest BCUT2D eigenvalue weighted by Gasteiger charge is 2.27. The summed E-state index contributed by atoms with van der Waals surface area (Å²) in [6.07, 6.45) is 4.21. The SMILES string of the molecule is COc1ccccc1C(Cn1nc(CC#N)c(=O)c2c(C)c(-c3ncco3)sc21)OC1CCOCC1. The first-order chi connectivity index (χ1) is 17.6. The van der Waals surface area contributed by atoms with Gasteiger partial charge in [0.15, 0.2) is 0 Å². The lowest BCUT2D eigenvalue weighted by Crippen LogP contribution is -2.28. The van der Waals surface area contributed by atoms with Gasteiger partial charge in [-0.25, -0.2) is 4.98 Å². The van der Waals surface area contributed by atoms with Crippen LogP contribution in [0.3, 0.4) is 0 Å². The number of oxazole rings is 1. The molecule has 0 amide bonds. The number of rotatable bonds is 8. The minimum absolute atomic E-state index is 0.0232. The van der Waals surface area contributed by atoms with E-state index in [1.54, 1.807) is 18.0 Å². The Hall–Kier alpha value is -3.52. The van der Waals surface area contributed by atoms with Gasteiger partial charge >= 0.3 is 0 Å². The first kappa shape index (κ1) is 24.2. The molecule has 0 N–H and O–H groups in total. The number of fused-ring (bicyclic) bond motifs is 1. The largest absolute Gasteiger partial charge is 0.496 e. The number of aromatic nitrogens is 3. The summed E-state index contributed by atoms with van der Waals surface area (Å²) < 4.78 is 25.1. The summed E-state index contributed by atoms with van der Waals surface area (Å²) in [5.74, 6) is 1.16. The second-order valence-electron chi connectivity index (χ2n) is 8.54. The molecule has 1 fully saturated rings. The second kappa shape index (κ2) is 10.6. The molecule has 1 aliphatic heterocycles. The van der Waals surface area contributed by atoms with Gasteiger partial charge in [-0.3, -0.25) is 9.48 Å². The van der Waals surface area contributed by atoms with Crippen LogP contribution in [0.1, 0.15) is 35.8 Å². The number of hydrogen-bond donors (Lipinski definition) is 0. The van der Waals surface area contributed by atoms with Gasteiger partial charge in [-0.05, 0) is 31.4 Å². The Labute approximate surface area is 211 Å². The molecule has 36 heavy (non-hydrogen) atoms. The van der Waals surface area contributed by atoms with Crippen LogP contribution in [0, 0.1) is 18.3 Å². The van der Waals surface area contributed by atoms with Crippen molar-refractivity contribution in [1.29, 1.82) is 5.26 Å². The van der Waals surface area contributed by atoms with Crippen LogP contribution >= 0.6 is 11.3 Å². The third kappa shape index (κ3) is 4.65. The summed E-state index contributed by atoms with van der Waals surface area (Å²) in [4.78, 5) is 19.0. The van der Waals surface area contributed by atoms with Crippen molar-refractivity contribution in [1.82, 2.24) is 14.8 Å². The number of thiophene rings is 1. The van der Waals surface area contributed by atoms with Gasteiger partial charge in [-0.2, -0.15) is 10.4 Å². The molecule has 1 aliphatic rings. The fourth-order valence-electron chi connectivity index (χ4n) is 4.53. The van der Waals surface area contributed by atoms with Crippen LogP contribution in [-0.2, 0) is 22.4 Å². The first-order valence-corrected chi connectivity index (χ1v) is 12.6. The zero-order valence-electron chi connectivity index (χ0n) is 20.1. The van der Waals surface area contributed by atoms with Crippen molar-refractivity contribution in [2.24, 2.45) is 0 Å². The topological polar surface area (TPSA) is 112 Å². The van der Waals surface area contributed by atoms with E-state index in [2.05, 4.69) is 16.2 Å². The van der Waals surface area contributed by atoms with E-state index >= 15 is 0 Å². The zero-order valence-corrected chi connectivity index (χ0v) is 20.9. The molecule has 3 aromatic heterocycles. The average molecular weight is 507 g/mol. The molecule has 0 saturated carbocycles. The molecule has 1 aromatic carbocycles. The van der Waals surface area contributed by atoms with Crippen LogP contribution in [0.25, 0.3) is 21.0 Å². The first-order valence-electron chi connectivity index (χ1n) is 11.8. The van der Waals surface area contributed by atoms with Crippen molar-refractivity contribution in [3.8, 4) is 22.6 Å². The van der Waals surface area contributed by atoms with E-state index in [0.29, 0.717) is 41.6 Å². The van der Waals surface area contributed by atoms with Gasteiger partial charge in [0.25, 0.3) is 0 Å². The minimum atomic E-state index is -0.398. The van der Waals surface area contributed by atoms with Gasteiger partial charge in [0, 0.05) is 18.8 Å². The third-order valence-corrected chi connectivity index (χ3v) is 7.61. The Bertz CT molecular complexity index is 1450. The molecular formula is C26H26N4O5S. The number of aryl methyl sites for hydroxylation is 1. The third-order valence-electron chi connectivity index (χ3n) is 6.32. The van der Waals surface area contributed by atoms with Gasteiger partial charge in [0.2, 0.25) is 11.3 Å². The molecule has 1 atom stereocenters. The molecule has 9 nitrogen and oxygen atoms in total. The summed E-state index contributed by atoms with van der Waals surface area (Å²) in [7, 11) is 1.64. The van der Waals surface area contributed by atoms with E-state index in [1.165, 1.54) is 17.6 Å². The molecule has 1 unspecified atom stereocenters. The monoisotopic (exact) mass is 506 g/mol. The lowest BCUT2D eigenvalue weighted by atomic mass is 10.1. The van der Waals surface area contributed by atoms with Crippen molar-refractivity contribution in [3.63, 3.8) is 0 Å².